The molecule has 1 aromatic carbocycles. The molecule has 0 aromatic heterocycles. The van der Waals surface area contributed by atoms with Crippen molar-refractivity contribution in [3.63, 3.8) is 0 Å². The van der Waals surface area contributed by atoms with E-state index in [0.29, 0.717) is 5.92 Å². The maximum absolute atomic E-state index is 5.68. The second kappa shape index (κ2) is 6.26. The van der Waals surface area contributed by atoms with Crippen LogP contribution in [0.5, 0.6) is 11.5 Å². The lowest BCUT2D eigenvalue weighted by molar-refractivity contribution is 0.0960. The average Bonchev–Trinajstić information content (AvgIpc) is 2.86. The molecule has 19 heavy (non-hydrogen) atoms. The van der Waals surface area contributed by atoms with Crippen molar-refractivity contribution in [2.24, 2.45) is 5.92 Å². The second-order valence-electron chi connectivity index (χ2n) is 4.90. The van der Waals surface area contributed by atoms with Gasteiger partial charge in [-0.3, -0.25) is 0 Å². The summed E-state index contributed by atoms with van der Waals surface area (Å²) >= 11 is 0. The summed E-state index contributed by atoms with van der Waals surface area (Å²) in [6.07, 6.45) is 1.34. The van der Waals surface area contributed by atoms with Gasteiger partial charge < -0.3 is 19.5 Å². The van der Waals surface area contributed by atoms with Crippen LogP contribution in [0.2, 0.25) is 0 Å². The number of nitrogens with one attached hydrogen (secondary N) is 1. The monoisotopic (exact) mass is 265 g/mol. The second-order valence-corrected chi connectivity index (χ2v) is 4.90. The van der Waals surface area contributed by atoms with E-state index in [2.05, 4.69) is 18.3 Å². The first kappa shape index (κ1) is 14.2. The summed E-state index contributed by atoms with van der Waals surface area (Å²) in [6, 6.07) is 6.21. The molecule has 1 heterocycles. The van der Waals surface area contributed by atoms with Crippen LogP contribution < -0.4 is 14.8 Å². The normalized spacial score (nSPS) is 24.2. The van der Waals surface area contributed by atoms with E-state index >= 15 is 0 Å². The zero-order valence-corrected chi connectivity index (χ0v) is 12.1. The molecule has 4 nitrogen and oxygen atoms in total. The van der Waals surface area contributed by atoms with Gasteiger partial charge in [0, 0.05) is 30.2 Å². The standard InChI is InChI=1S/C15H23NO3/c1-10-12(7-8-19-10)15(16-2)13-6-5-11(17-3)9-14(13)18-4/h5-6,9-10,12,15-16H,7-8H2,1-4H3. The van der Waals surface area contributed by atoms with Gasteiger partial charge in [0.25, 0.3) is 0 Å². The highest BCUT2D eigenvalue weighted by Gasteiger charge is 2.33. The van der Waals surface area contributed by atoms with Crippen molar-refractivity contribution >= 4 is 0 Å². The van der Waals surface area contributed by atoms with Gasteiger partial charge in [-0.15, -0.1) is 0 Å². The quantitative estimate of drug-likeness (QED) is 0.887. The Labute approximate surface area is 115 Å². The van der Waals surface area contributed by atoms with E-state index in [9.17, 15) is 0 Å². The van der Waals surface area contributed by atoms with Crippen molar-refractivity contribution in [2.45, 2.75) is 25.5 Å². The summed E-state index contributed by atoms with van der Waals surface area (Å²) in [5.41, 5.74) is 1.16. The summed E-state index contributed by atoms with van der Waals surface area (Å²) in [6.45, 7) is 2.97. The van der Waals surface area contributed by atoms with Gasteiger partial charge in [0.1, 0.15) is 11.5 Å². The van der Waals surface area contributed by atoms with Crippen LogP contribution in [0.15, 0.2) is 18.2 Å². The van der Waals surface area contributed by atoms with E-state index in [1.807, 2.05) is 19.2 Å². The maximum atomic E-state index is 5.68. The molecule has 1 saturated heterocycles. The van der Waals surface area contributed by atoms with E-state index in [4.69, 9.17) is 14.2 Å². The Hall–Kier alpha value is -1.26. The summed E-state index contributed by atoms with van der Waals surface area (Å²) in [5, 5.41) is 3.40. The fourth-order valence-electron chi connectivity index (χ4n) is 2.86. The van der Waals surface area contributed by atoms with Crippen molar-refractivity contribution in [3.8, 4) is 11.5 Å². The molecule has 3 atom stereocenters. The molecule has 0 amide bonds. The lowest BCUT2D eigenvalue weighted by Crippen LogP contribution is -2.29. The van der Waals surface area contributed by atoms with Gasteiger partial charge >= 0.3 is 0 Å². The van der Waals surface area contributed by atoms with Crippen LogP contribution in [-0.4, -0.2) is 34.0 Å². The molecular formula is C15H23NO3. The number of hydrogen-bond donors (Lipinski definition) is 1. The van der Waals surface area contributed by atoms with E-state index in [1.54, 1.807) is 14.2 Å². The molecule has 106 valence electrons. The first-order valence-electron chi connectivity index (χ1n) is 6.72. The molecule has 2 rings (SSSR count). The van der Waals surface area contributed by atoms with Crippen LogP contribution in [0, 0.1) is 5.92 Å². The molecule has 3 unspecified atom stereocenters. The minimum atomic E-state index is 0.235. The van der Waals surface area contributed by atoms with E-state index in [0.717, 1.165) is 30.1 Å². The Morgan fingerprint density at radius 3 is 2.63 bits per heavy atom. The Morgan fingerprint density at radius 1 is 1.32 bits per heavy atom. The molecule has 0 radical (unpaired) electrons. The predicted octanol–water partition coefficient (Wildman–Crippen LogP) is 2.39. The maximum Gasteiger partial charge on any atom is 0.127 e. The third-order valence-electron chi connectivity index (χ3n) is 3.95. The smallest absolute Gasteiger partial charge is 0.127 e. The molecule has 0 saturated carbocycles. The van der Waals surface area contributed by atoms with Crippen LogP contribution in [-0.2, 0) is 4.74 Å². The van der Waals surface area contributed by atoms with E-state index in [-0.39, 0.29) is 12.1 Å². The minimum absolute atomic E-state index is 0.235. The summed E-state index contributed by atoms with van der Waals surface area (Å²) < 4.78 is 16.4. The van der Waals surface area contributed by atoms with E-state index in [1.165, 1.54) is 0 Å². The highest BCUT2D eigenvalue weighted by molar-refractivity contribution is 5.43. The van der Waals surface area contributed by atoms with Gasteiger partial charge in [-0.1, -0.05) is 6.07 Å². The number of hydrogen-bond acceptors (Lipinski definition) is 4. The first-order chi connectivity index (χ1) is 9.21. The van der Waals surface area contributed by atoms with Crippen molar-refractivity contribution in [2.75, 3.05) is 27.9 Å². The van der Waals surface area contributed by atoms with Gasteiger partial charge in [-0.05, 0) is 26.5 Å². The number of ether oxygens (including phenoxy) is 3. The van der Waals surface area contributed by atoms with Gasteiger partial charge in [0.15, 0.2) is 0 Å². The molecule has 1 fully saturated rings. The molecule has 0 aliphatic carbocycles. The molecule has 1 aliphatic rings. The number of benzene rings is 1. The number of rotatable bonds is 5. The largest absolute Gasteiger partial charge is 0.497 e. The molecule has 1 aromatic rings. The third kappa shape index (κ3) is 2.85. The molecule has 1 aliphatic heterocycles. The Kier molecular flexibility index (Phi) is 4.66. The summed E-state index contributed by atoms with van der Waals surface area (Å²) in [4.78, 5) is 0. The fourth-order valence-corrected chi connectivity index (χ4v) is 2.86. The van der Waals surface area contributed by atoms with Crippen LogP contribution >= 0.6 is 0 Å². The molecule has 1 N–H and O–H groups in total. The van der Waals surface area contributed by atoms with Gasteiger partial charge in [0.2, 0.25) is 0 Å². The lowest BCUT2D eigenvalue weighted by Gasteiger charge is -2.27. The third-order valence-corrected chi connectivity index (χ3v) is 3.95. The van der Waals surface area contributed by atoms with E-state index < -0.39 is 0 Å². The Morgan fingerprint density at radius 2 is 2.11 bits per heavy atom. The highest BCUT2D eigenvalue weighted by atomic mass is 16.5. The Bertz CT molecular complexity index is 422. The molecular weight excluding hydrogens is 242 g/mol. The summed E-state index contributed by atoms with van der Waals surface area (Å²) in [5.74, 6) is 2.14. The topological polar surface area (TPSA) is 39.7 Å². The van der Waals surface area contributed by atoms with Crippen LogP contribution in [0.25, 0.3) is 0 Å². The minimum Gasteiger partial charge on any atom is -0.497 e. The fraction of sp³-hybridized carbons (Fsp3) is 0.600. The van der Waals surface area contributed by atoms with Crippen molar-refractivity contribution < 1.29 is 14.2 Å². The number of methoxy groups -OCH3 is 2. The van der Waals surface area contributed by atoms with Gasteiger partial charge in [-0.25, -0.2) is 0 Å². The SMILES string of the molecule is CNC(c1ccc(OC)cc1OC)C1CCOC1C. The summed E-state index contributed by atoms with van der Waals surface area (Å²) in [7, 11) is 5.34. The zero-order chi connectivity index (χ0) is 13.8. The highest BCUT2D eigenvalue weighted by Crippen LogP contribution is 2.38. The van der Waals surface area contributed by atoms with Crippen LogP contribution in [0.1, 0.15) is 24.9 Å². The van der Waals surface area contributed by atoms with Gasteiger partial charge in [0.05, 0.1) is 20.3 Å². The van der Waals surface area contributed by atoms with Crippen molar-refractivity contribution in [3.05, 3.63) is 23.8 Å². The predicted molar refractivity (Wildman–Crippen MR) is 74.9 cm³/mol. The molecule has 0 bridgehead atoms. The van der Waals surface area contributed by atoms with Gasteiger partial charge in [-0.2, -0.15) is 0 Å². The molecule has 4 heteroatoms. The first-order valence-corrected chi connectivity index (χ1v) is 6.72. The lowest BCUT2D eigenvalue weighted by atomic mass is 9.88. The molecule has 0 spiro atoms. The van der Waals surface area contributed by atoms with Crippen molar-refractivity contribution in [1.82, 2.24) is 5.32 Å². The van der Waals surface area contributed by atoms with Crippen LogP contribution in [0.4, 0.5) is 0 Å². The Balaban J connectivity index is 2.31. The van der Waals surface area contributed by atoms with Crippen molar-refractivity contribution in [1.29, 1.82) is 0 Å². The van der Waals surface area contributed by atoms with Crippen LogP contribution in [0.3, 0.4) is 0 Å². The average molecular weight is 265 g/mol. The zero-order valence-electron chi connectivity index (χ0n) is 12.1.